The second-order valence-corrected chi connectivity index (χ2v) is 10.3. The lowest BCUT2D eigenvalue weighted by Gasteiger charge is -2.18. The van der Waals surface area contributed by atoms with Crippen LogP contribution in [0.2, 0.25) is 0 Å². The van der Waals surface area contributed by atoms with Crippen LogP contribution in [0.1, 0.15) is 55.7 Å². The van der Waals surface area contributed by atoms with Gasteiger partial charge >= 0.3 is 0 Å². The van der Waals surface area contributed by atoms with Gasteiger partial charge in [0.2, 0.25) is 15.9 Å². The fourth-order valence-electron chi connectivity index (χ4n) is 3.98. The predicted octanol–water partition coefficient (Wildman–Crippen LogP) is 4.48. The molecular formula is C24H32N2O4S. The van der Waals surface area contributed by atoms with Crippen molar-refractivity contribution in [2.75, 3.05) is 25.5 Å². The van der Waals surface area contributed by atoms with Crippen LogP contribution in [0, 0.1) is 6.92 Å². The predicted molar refractivity (Wildman–Crippen MR) is 123 cm³/mol. The second-order valence-electron chi connectivity index (χ2n) is 8.33. The largest absolute Gasteiger partial charge is 0.496 e. The lowest BCUT2D eigenvalue weighted by Crippen LogP contribution is -2.28. The minimum Gasteiger partial charge on any atom is -0.496 e. The number of benzene rings is 2. The van der Waals surface area contributed by atoms with Gasteiger partial charge in [0.05, 0.1) is 12.0 Å². The molecule has 0 saturated carbocycles. The van der Waals surface area contributed by atoms with Crippen LogP contribution in [0.3, 0.4) is 0 Å². The molecule has 1 fully saturated rings. The number of nitrogens with one attached hydrogen (secondary N) is 1. The molecule has 3 rings (SSSR count). The molecule has 6 nitrogen and oxygen atoms in total. The van der Waals surface area contributed by atoms with E-state index in [2.05, 4.69) is 19.2 Å². The molecule has 1 saturated heterocycles. The van der Waals surface area contributed by atoms with Crippen molar-refractivity contribution in [1.29, 1.82) is 0 Å². The zero-order valence-electron chi connectivity index (χ0n) is 18.8. The van der Waals surface area contributed by atoms with E-state index in [1.807, 2.05) is 25.1 Å². The molecule has 0 bridgehead atoms. The van der Waals surface area contributed by atoms with Gasteiger partial charge in [-0.15, -0.1) is 0 Å². The van der Waals surface area contributed by atoms with Crippen LogP contribution in [0.15, 0.2) is 41.3 Å². The number of methoxy groups -OCH3 is 1. The zero-order valence-corrected chi connectivity index (χ0v) is 19.6. The minimum absolute atomic E-state index is 0.106. The third-order valence-corrected chi connectivity index (χ3v) is 7.66. The van der Waals surface area contributed by atoms with Crippen molar-refractivity contribution < 1.29 is 17.9 Å². The Morgan fingerprint density at radius 2 is 1.87 bits per heavy atom. The summed E-state index contributed by atoms with van der Waals surface area (Å²) in [5, 5.41) is 3.05. The summed E-state index contributed by atoms with van der Waals surface area (Å²) in [6, 6.07) is 10.9. The summed E-state index contributed by atoms with van der Waals surface area (Å²) >= 11 is 0. The minimum atomic E-state index is -3.52. The number of amides is 1. The first-order valence-electron chi connectivity index (χ1n) is 10.8. The van der Waals surface area contributed by atoms with E-state index in [0.29, 0.717) is 36.7 Å². The Hall–Kier alpha value is -2.38. The van der Waals surface area contributed by atoms with Crippen LogP contribution in [-0.2, 0) is 21.2 Å². The summed E-state index contributed by atoms with van der Waals surface area (Å²) in [4.78, 5) is 13.0. The maximum atomic E-state index is 12.9. The Labute approximate surface area is 185 Å². The molecule has 0 aromatic heterocycles. The third kappa shape index (κ3) is 5.28. The highest BCUT2D eigenvalue weighted by atomic mass is 32.2. The average molecular weight is 445 g/mol. The van der Waals surface area contributed by atoms with E-state index in [4.69, 9.17) is 4.74 Å². The number of sulfonamides is 1. The van der Waals surface area contributed by atoms with Crippen molar-refractivity contribution in [2.24, 2.45) is 0 Å². The Morgan fingerprint density at radius 3 is 2.52 bits per heavy atom. The van der Waals surface area contributed by atoms with Crippen LogP contribution in [0.5, 0.6) is 5.75 Å². The SMILES string of the molecule is COc1ccc(S(=O)(=O)N2CCCC2)cc1CCC(=O)Nc1c(C)cccc1C(C)C. The average Bonchev–Trinajstić information content (AvgIpc) is 3.29. The van der Waals surface area contributed by atoms with Gasteiger partial charge in [0.15, 0.2) is 0 Å². The Morgan fingerprint density at radius 1 is 1.16 bits per heavy atom. The lowest BCUT2D eigenvalue weighted by molar-refractivity contribution is -0.116. The van der Waals surface area contributed by atoms with Crippen LogP contribution in [0.25, 0.3) is 0 Å². The van der Waals surface area contributed by atoms with E-state index in [-0.39, 0.29) is 17.2 Å². The number of nitrogens with zero attached hydrogens (tertiary/aromatic N) is 1. The number of carbonyl (C=O) groups excluding carboxylic acids is 1. The van der Waals surface area contributed by atoms with Gasteiger partial charge in [0.1, 0.15) is 5.75 Å². The number of hydrogen-bond donors (Lipinski definition) is 1. The van der Waals surface area contributed by atoms with Crippen molar-refractivity contribution >= 4 is 21.6 Å². The molecule has 0 unspecified atom stereocenters. The topological polar surface area (TPSA) is 75.7 Å². The number of hydrogen-bond acceptors (Lipinski definition) is 4. The highest BCUT2D eigenvalue weighted by molar-refractivity contribution is 7.89. The number of anilines is 1. The molecule has 0 radical (unpaired) electrons. The molecule has 1 N–H and O–H groups in total. The summed E-state index contributed by atoms with van der Waals surface area (Å²) in [7, 11) is -1.97. The summed E-state index contributed by atoms with van der Waals surface area (Å²) < 4.78 is 32.8. The van der Waals surface area contributed by atoms with E-state index in [1.54, 1.807) is 25.3 Å². The van der Waals surface area contributed by atoms with Gasteiger partial charge in [0, 0.05) is 25.2 Å². The van der Waals surface area contributed by atoms with Crippen LogP contribution >= 0.6 is 0 Å². The molecule has 31 heavy (non-hydrogen) atoms. The first-order valence-corrected chi connectivity index (χ1v) is 12.2. The molecule has 7 heteroatoms. The normalized spacial score (nSPS) is 14.7. The highest BCUT2D eigenvalue weighted by Gasteiger charge is 2.27. The van der Waals surface area contributed by atoms with E-state index in [0.717, 1.165) is 29.7 Å². The van der Waals surface area contributed by atoms with E-state index in [1.165, 1.54) is 4.31 Å². The quantitative estimate of drug-likeness (QED) is 0.651. The molecule has 1 aliphatic heterocycles. The smallest absolute Gasteiger partial charge is 0.243 e. The van der Waals surface area contributed by atoms with Crippen molar-refractivity contribution in [3.05, 3.63) is 53.1 Å². The number of ether oxygens (including phenoxy) is 1. The van der Waals surface area contributed by atoms with E-state index < -0.39 is 10.0 Å². The molecule has 1 heterocycles. The molecule has 2 aromatic carbocycles. The van der Waals surface area contributed by atoms with Gasteiger partial charge in [-0.3, -0.25) is 4.79 Å². The number of aryl methyl sites for hydroxylation is 2. The molecule has 0 spiro atoms. The fourth-order valence-corrected chi connectivity index (χ4v) is 5.55. The fraction of sp³-hybridized carbons (Fsp3) is 0.458. The van der Waals surface area contributed by atoms with Crippen molar-refractivity contribution in [2.45, 2.75) is 57.3 Å². The Bertz CT molecular complexity index is 1040. The first-order chi connectivity index (χ1) is 14.7. The van der Waals surface area contributed by atoms with Gasteiger partial charge in [-0.2, -0.15) is 4.31 Å². The summed E-state index contributed by atoms with van der Waals surface area (Å²) in [5.41, 5.74) is 3.70. The third-order valence-electron chi connectivity index (χ3n) is 5.77. The zero-order chi connectivity index (χ0) is 22.6. The first kappa shape index (κ1) is 23.3. The number of rotatable bonds is 8. The maximum absolute atomic E-state index is 12.9. The molecule has 0 atom stereocenters. The molecular weight excluding hydrogens is 412 g/mol. The summed E-state index contributed by atoms with van der Waals surface area (Å²) in [6.07, 6.45) is 2.40. The van der Waals surface area contributed by atoms with Gasteiger partial charge < -0.3 is 10.1 Å². The van der Waals surface area contributed by atoms with E-state index >= 15 is 0 Å². The van der Waals surface area contributed by atoms with Crippen LogP contribution < -0.4 is 10.1 Å². The standard InChI is InChI=1S/C24H32N2O4S/c1-17(2)21-9-7-8-18(3)24(21)25-23(27)13-10-19-16-20(11-12-22(19)30-4)31(28,29)26-14-5-6-15-26/h7-9,11-12,16-17H,5-6,10,13-15H2,1-4H3,(H,25,27). The van der Waals surface area contributed by atoms with Gasteiger partial charge in [-0.05, 0) is 67.0 Å². The maximum Gasteiger partial charge on any atom is 0.243 e. The number of para-hydroxylation sites is 1. The van der Waals surface area contributed by atoms with Crippen molar-refractivity contribution in [3.8, 4) is 5.75 Å². The summed E-state index contributed by atoms with van der Waals surface area (Å²) in [5.74, 6) is 0.778. The monoisotopic (exact) mass is 444 g/mol. The second kappa shape index (κ2) is 9.83. The molecule has 0 aliphatic carbocycles. The Balaban J connectivity index is 1.76. The van der Waals surface area contributed by atoms with Crippen molar-refractivity contribution in [1.82, 2.24) is 4.31 Å². The van der Waals surface area contributed by atoms with Crippen molar-refractivity contribution in [3.63, 3.8) is 0 Å². The lowest BCUT2D eigenvalue weighted by atomic mass is 9.98. The van der Waals surface area contributed by atoms with Crippen LogP contribution in [-0.4, -0.2) is 38.8 Å². The molecule has 1 aliphatic rings. The molecule has 1 amide bonds. The van der Waals surface area contributed by atoms with Gasteiger partial charge in [0.25, 0.3) is 0 Å². The highest BCUT2D eigenvalue weighted by Crippen LogP contribution is 2.29. The Kier molecular flexibility index (Phi) is 7.38. The van der Waals surface area contributed by atoms with E-state index in [9.17, 15) is 13.2 Å². The molecule has 168 valence electrons. The van der Waals surface area contributed by atoms with Gasteiger partial charge in [-0.1, -0.05) is 32.0 Å². The summed E-state index contributed by atoms with van der Waals surface area (Å²) in [6.45, 7) is 7.29. The van der Waals surface area contributed by atoms with Gasteiger partial charge in [-0.25, -0.2) is 8.42 Å². The van der Waals surface area contributed by atoms with Crippen LogP contribution in [0.4, 0.5) is 5.69 Å². The number of carbonyl (C=O) groups is 1. The molecule has 2 aromatic rings.